The van der Waals surface area contributed by atoms with E-state index in [1.165, 1.54) is 6.92 Å². The molecule has 0 radical (unpaired) electrons. The van der Waals surface area contributed by atoms with Crippen molar-refractivity contribution in [2.75, 3.05) is 0 Å². The molecule has 5 aliphatic rings. The molecule has 9 nitrogen and oxygen atoms in total. The Labute approximate surface area is 199 Å². The van der Waals surface area contributed by atoms with E-state index in [1.807, 2.05) is 26.8 Å². The zero-order valence-electron chi connectivity index (χ0n) is 20.6. The lowest BCUT2D eigenvalue weighted by molar-refractivity contribution is -0.206. The average molecular weight is 479 g/mol. The van der Waals surface area contributed by atoms with Gasteiger partial charge in [-0.2, -0.15) is 0 Å². The molecule has 0 unspecified atom stereocenters. The number of carbonyl (C=O) groups is 3. The minimum Gasteiger partial charge on any atom is -0.462 e. The first-order chi connectivity index (χ1) is 15.8. The summed E-state index contributed by atoms with van der Waals surface area (Å²) in [5.74, 6) is -2.00. The summed E-state index contributed by atoms with van der Waals surface area (Å²) in [6, 6.07) is 0. The van der Waals surface area contributed by atoms with E-state index in [0.717, 1.165) is 5.57 Å². The van der Waals surface area contributed by atoms with Gasteiger partial charge in [0, 0.05) is 31.1 Å². The van der Waals surface area contributed by atoms with E-state index in [2.05, 4.69) is 0 Å². The molecular formula is C25H34O9. The SMILES string of the molecule is CCC(=O)O[C@H]1CC/C(C)=C\[C@@H]2OC(=O)[C@]3(C)O[C@]23[C@@H](O)[C@H]2[C@@]3(C)O[C@H]3C[C@H](OC(C)=O)[C@]12C. The van der Waals surface area contributed by atoms with Crippen molar-refractivity contribution in [2.45, 2.75) is 115 Å². The molecule has 0 bridgehead atoms. The Morgan fingerprint density at radius 1 is 1.21 bits per heavy atom. The second kappa shape index (κ2) is 7.27. The number of hydrogen-bond acceptors (Lipinski definition) is 9. The summed E-state index contributed by atoms with van der Waals surface area (Å²) in [6.45, 7) is 10.4. The summed E-state index contributed by atoms with van der Waals surface area (Å²) in [4.78, 5) is 37.4. The van der Waals surface area contributed by atoms with E-state index in [4.69, 9.17) is 23.7 Å². The van der Waals surface area contributed by atoms with E-state index in [9.17, 15) is 19.5 Å². The highest BCUT2D eigenvalue weighted by Crippen LogP contribution is 2.68. The van der Waals surface area contributed by atoms with Crippen molar-refractivity contribution >= 4 is 17.9 Å². The van der Waals surface area contributed by atoms with Crippen LogP contribution in [0.15, 0.2) is 11.6 Å². The predicted molar refractivity (Wildman–Crippen MR) is 116 cm³/mol. The molecule has 3 aliphatic heterocycles. The fraction of sp³-hybridized carbons (Fsp3) is 0.800. The molecule has 3 heterocycles. The van der Waals surface area contributed by atoms with Crippen LogP contribution in [-0.4, -0.2) is 70.3 Å². The topological polar surface area (TPSA) is 124 Å². The molecule has 2 aliphatic carbocycles. The van der Waals surface area contributed by atoms with Crippen molar-refractivity contribution in [3.05, 3.63) is 11.6 Å². The van der Waals surface area contributed by atoms with Gasteiger partial charge >= 0.3 is 17.9 Å². The van der Waals surface area contributed by atoms with Crippen molar-refractivity contribution in [3.63, 3.8) is 0 Å². The molecule has 1 N–H and O–H groups in total. The molecule has 1 spiro atoms. The Bertz CT molecular complexity index is 975. The largest absolute Gasteiger partial charge is 0.462 e. The van der Waals surface area contributed by atoms with Gasteiger partial charge in [0.25, 0.3) is 0 Å². The minimum absolute atomic E-state index is 0.193. The zero-order chi connectivity index (χ0) is 24.8. The van der Waals surface area contributed by atoms with Crippen molar-refractivity contribution < 1.29 is 43.2 Å². The van der Waals surface area contributed by atoms with Gasteiger partial charge in [0.2, 0.25) is 0 Å². The van der Waals surface area contributed by atoms with Gasteiger partial charge in [-0.05, 0) is 39.7 Å². The first-order valence-electron chi connectivity index (χ1n) is 12.2. The van der Waals surface area contributed by atoms with Crippen LogP contribution in [0.5, 0.6) is 0 Å². The van der Waals surface area contributed by atoms with E-state index < -0.39 is 64.5 Å². The Kier molecular flexibility index (Phi) is 5.08. The number of epoxide rings is 2. The fourth-order valence-electron chi connectivity index (χ4n) is 7.04. The van der Waals surface area contributed by atoms with E-state index in [-0.39, 0.29) is 18.5 Å². The van der Waals surface area contributed by atoms with Gasteiger partial charge in [-0.15, -0.1) is 0 Å². The molecule has 9 heteroatoms. The fourth-order valence-corrected chi connectivity index (χ4v) is 7.04. The molecule has 10 atom stereocenters. The van der Waals surface area contributed by atoms with Crippen LogP contribution in [0.4, 0.5) is 0 Å². The molecule has 34 heavy (non-hydrogen) atoms. The Morgan fingerprint density at radius 3 is 2.53 bits per heavy atom. The number of fused-ring (bicyclic) bond motifs is 3. The smallest absolute Gasteiger partial charge is 0.342 e. The second-order valence-electron chi connectivity index (χ2n) is 11.1. The number of aliphatic hydroxyl groups excluding tert-OH is 1. The van der Waals surface area contributed by atoms with Gasteiger partial charge in [-0.25, -0.2) is 4.79 Å². The van der Waals surface area contributed by atoms with E-state index in [1.54, 1.807) is 13.8 Å². The number of esters is 3. The number of carbonyl (C=O) groups excluding carboxylic acids is 3. The number of ether oxygens (including phenoxy) is 5. The molecular weight excluding hydrogens is 444 g/mol. The van der Waals surface area contributed by atoms with E-state index >= 15 is 0 Å². The lowest BCUT2D eigenvalue weighted by Crippen LogP contribution is -2.65. The summed E-state index contributed by atoms with van der Waals surface area (Å²) in [7, 11) is 0. The van der Waals surface area contributed by atoms with Crippen molar-refractivity contribution in [2.24, 2.45) is 11.3 Å². The first kappa shape index (κ1) is 23.8. The van der Waals surface area contributed by atoms with E-state index in [0.29, 0.717) is 19.3 Å². The van der Waals surface area contributed by atoms with Gasteiger partial charge in [0.1, 0.15) is 12.2 Å². The summed E-state index contributed by atoms with van der Waals surface area (Å²) in [5, 5.41) is 12.1. The minimum atomic E-state index is -1.30. The van der Waals surface area contributed by atoms with Crippen LogP contribution >= 0.6 is 0 Å². The third-order valence-electron chi connectivity index (χ3n) is 9.07. The maximum Gasteiger partial charge on any atom is 0.342 e. The number of hydrogen-bond donors (Lipinski definition) is 1. The monoisotopic (exact) mass is 478 g/mol. The van der Waals surface area contributed by atoms with Crippen LogP contribution in [0.3, 0.4) is 0 Å². The lowest BCUT2D eigenvalue weighted by atomic mass is 9.54. The Balaban J connectivity index is 1.68. The highest BCUT2D eigenvalue weighted by Gasteiger charge is 2.88. The number of rotatable bonds is 3. The molecule has 188 valence electrons. The molecule has 0 amide bonds. The Morgan fingerprint density at radius 2 is 1.91 bits per heavy atom. The molecule has 4 fully saturated rings. The lowest BCUT2D eigenvalue weighted by Gasteiger charge is -2.53. The molecule has 5 rings (SSSR count). The van der Waals surface area contributed by atoms with Crippen LogP contribution < -0.4 is 0 Å². The zero-order valence-corrected chi connectivity index (χ0v) is 20.6. The third kappa shape index (κ3) is 2.92. The summed E-state index contributed by atoms with van der Waals surface area (Å²) >= 11 is 0. The maximum atomic E-state index is 12.8. The van der Waals surface area contributed by atoms with Gasteiger partial charge in [-0.1, -0.05) is 19.4 Å². The van der Waals surface area contributed by atoms with Gasteiger partial charge in [0.05, 0.1) is 17.8 Å². The average Bonchev–Trinajstić information content (AvgIpc) is 3.59. The summed E-state index contributed by atoms with van der Waals surface area (Å²) < 4.78 is 29.7. The summed E-state index contributed by atoms with van der Waals surface area (Å²) in [6.07, 6.45) is -0.0655. The van der Waals surface area contributed by atoms with Crippen molar-refractivity contribution in [1.82, 2.24) is 0 Å². The normalized spacial score (nSPS) is 52.4. The molecule has 1 saturated carbocycles. The highest BCUT2D eigenvalue weighted by molar-refractivity contribution is 5.89. The van der Waals surface area contributed by atoms with Crippen LogP contribution in [0.1, 0.15) is 67.2 Å². The molecule has 0 aromatic heterocycles. The third-order valence-corrected chi connectivity index (χ3v) is 9.07. The van der Waals surface area contributed by atoms with Crippen LogP contribution in [-0.2, 0) is 38.1 Å². The standard InChI is InChI=1S/C25H34O9/c1-7-18(27)31-14-9-8-12(2)10-17-25(24(6,34-25)21(29)32-17)20(28)19-22(14,4)15(30-13(3)26)11-16-23(19,5)33-16/h10,14-17,19-20,28H,7-9,11H2,1-6H3/b12-10-/t14-,15-,16-,17-,19+,20-,22-,23-,24-,25-/m0/s1. The van der Waals surface area contributed by atoms with Gasteiger partial charge < -0.3 is 28.8 Å². The molecule has 3 saturated heterocycles. The Hall–Kier alpha value is -1.97. The van der Waals surface area contributed by atoms with Gasteiger partial charge in [-0.3, -0.25) is 9.59 Å². The van der Waals surface area contributed by atoms with Crippen LogP contribution in [0.25, 0.3) is 0 Å². The van der Waals surface area contributed by atoms with Crippen LogP contribution in [0, 0.1) is 11.3 Å². The number of aliphatic hydroxyl groups is 1. The van der Waals surface area contributed by atoms with Crippen molar-refractivity contribution in [1.29, 1.82) is 0 Å². The first-order valence-corrected chi connectivity index (χ1v) is 12.2. The van der Waals surface area contributed by atoms with Crippen molar-refractivity contribution in [3.8, 4) is 0 Å². The van der Waals surface area contributed by atoms with Gasteiger partial charge in [0.15, 0.2) is 17.3 Å². The maximum absolute atomic E-state index is 12.8. The summed E-state index contributed by atoms with van der Waals surface area (Å²) in [5.41, 5.74) is -3.44. The predicted octanol–water partition coefficient (Wildman–Crippen LogP) is 1.98. The second-order valence-corrected chi connectivity index (χ2v) is 11.1. The highest BCUT2D eigenvalue weighted by atomic mass is 16.7. The molecule has 0 aromatic rings. The quantitative estimate of drug-likeness (QED) is 0.281. The molecule has 0 aromatic carbocycles. The number of allylic oxidation sites excluding steroid dienone is 1. The van der Waals surface area contributed by atoms with Crippen LogP contribution in [0.2, 0.25) is 0 Å².